The van der Waals surface area contributed by atoms with Crippen molar-refractivity contribution in [3.63, 3.8) is 0 Å². The number of halogens is 1. The molecule has 1 saturated heterocycles. The van der Waals surface area contributed by atoms with Gasteiger partial charge in [0.25, 0.3) is 0 Å². The summed E-state index contributed by atoms with van der Waals surface area (Å²) in [5.74, 6) is -0.270. The van der Waals surface area contributed by atoms with Gasteiger partial charge in [-0.25, -0.2) is 4.79 Å². The third kappa shape index (κ3) is 8.09. The van der Waals surface area contributed by atoms with Gasteiger partial charge in [-0.1, -0.05) is 80.6 Å². The van der Waals surface area contributed by atoms with E-state index in [9.17, 15) is 14.4 Å². The molecule has 232 valence electrons. The minimum Gasteiger partial charge on any atom is -0.343 e. The van der Waals surface area contributed by atoms with Crippen molar-refractivity contribution in [1.82, 2.24) is 25.8 Å². The molecule has 1 saturated carbocycles. The minimum atomic E-state index is -0.715. The largest absolute Gasteiger partial charge is 0.343 e. The van der Waals surface area contributed by atoms with E-state index < -0.39 is 12.1 Å². The summed E-state index contributed by atoms with van der Waals surface area (Å²) in [4.78, 5) is 45.0. The first-order valence-corrected chi connectivity index (χ1v) is 16.5. The van der Waals surface area contributed by atoms with Gasteiger partial charge in [0, 0.05) is 43.7 Å². The van der Waals surface area contributed by atoms with E-state index in [-0.39, 0.29) is 29.9 Å². The molecule has 8 nitrogen and oxygen atoms in total. The van der Waals surface area contributed by atoms with E-state index in [1.165, 1.54) is 12.0 Å². The molecule has 1 aliphatic carbocycles. The van der Waals surface area contributed by atoms with Crippen molar-refractivity contribution >= 4 is 29.4 Å². The number of likely N-dealkylation sites (tertiary alicyclic amines) is 1. The summed E-state index contributed by atoms with van der Waals surface area (Å²) in [6.45, 7) is 4.46. The Labute approximate surface area is 260 Å². The van der Waals surface area contributed by atoms with Crippen LogP contribution in [0.15, 0.2) is 48.5 Å². The van der Waals surface area contributed by atoms with Crippen LogP contribution < -0.4 is 16.0 Å². The van der Waals surface area contributed by atoms with E-state index in [2.05, 4.69) is 39.9 Å². The SMILES string of the molecule is CCCCNC(=O)N(C1CCCCC1)[C@H]1CCN(C(=O)[C@@H](Cc2ccc(Cl)cc2)NC(=O)[C@H]2Cc3ccccc3CN2)C1. The van der Waals surface area contributed by atoms with E-state index in [0.29, 0.717) is 44.0 Å². The highest BCUT2D eigenvalue weighted by Crippen LogP contribution is 2.28. The Morgan fingerprint density at radius 3 is 2.49 bits per heavy atom. The molecule has 0 unspecified atom stereocenters. The summed E-state index contributed by atoms with van der Waals surface area (Å²) in [5.41, 5.74) is 3.29. The smallest absolute Gasteiger partial charge is 0.317 e. The highest BCUT2D eigenvalue weighted by molar-refractivity contribution is 6.30. The number of nitrogens with zero attached hydrogens (tertiary/aromatic N) is 2. The highest BCUT2D eigenvalue weighted by atomic mass is 35.5. The average Bonchev–Trinajstić information content (AvgIpc) is 3.51. The van der Waals surface area contributed by atoms with Crippen molar-refractivity contribution in [3.05, 3.63) is 70.2 Å². The topological polar surface area (TPSA) is 93.8 Å². The molecular formula is C34H46ClN5O3. The number of nitrogens with one attached hydrogen (secondary N) is 3. The zero-order valence-electron chi connectivity index (χ0n) is 25.3. The minimum absolute atomic E-state index is 0.00526. The number of benzene rings is 2. The van der Waals surface area contributed by atoms with Gasteiger partial charge in [-0.3, -0.25) is 9.59 Å². The number of unbranched alkanes of at least 4 members (excludes halogenated alkanes) is 1. The van der Waals surface area contributed by atoms with Crippen molar-refractivity contribution in [1.29, 1.82) is 0 Å². The molecule has 3 atom stereocenters. The van der Waals surface area contributed by atoms with Gasteiger partial charge in [-0.05, 0) is 60.9 Å². The van der Waals surface area contributed by atoms with Crippen LogP contribution in [0, 0.1) is 0 Å². The molecule has 0 bridgehead atoms. The molecule has 5 rings (SSSR count). The van der Waals surface area contributed by atoms with Crippen LogP contribution >= 0.6 is 11.6 Å². The van der Waals surface area contributed by atoms with Crippen molar-refractivity contribution in [2.24, 2.45) is 0 Å². The Morgan fingerprint density at radius 1 is 1.00 bits per heavy atom. The van der Waals surface area contributed by atoms with Gasteiger partial charge in [0.2, 0.25) is 11.8 Å². The van der Waals surface area contributed by atoms with Crippen molar-refractivity contribution in [2.45, 2.75) is 102 Å². The summed E-state index contributed by atoms with van der Waals surface area (Å²) in [6, 6.07) is 14.6. The highest BCUT2D eigenvalue weighted by Gasteiger charge is 2.39. The number of urea groups is 1. The maximum atomic E-state index is 14.1. The quantitative estimate of drug-likeness (QED) is 0.337. The molecule has 0 spiro atoms. The third-order valence-electron chi connectivity index (χ3n) is 9.24. The Bertz CT molecular complexity index is 1250. The first-order chi connectivity index (χ1) is 20.9. The standard InChI is InChI=1S/C34H46ClN5O3/c1-2-3-18-36-34(43)40(28-11-5-4-6-12-28)29-17-19-39(23-29)33(42)31(20-24-13-15-27(35)16-14-24)38-32(41)30-21-25-9-7-8-10-26(25)22-37-30/h7-10,13-16,28-31,37H,2-6,11-12,17-23H2,1H3,(H,36,43)(H,38,41)/t29-,30+,31+/m0/s1. The maximum Gasteiger partial charge on any atom is 0.317 e. The van der Waals surface area contributed by atoms with Gasteiger partial charge in [0.1, 0.15) is 6.04 Å². The van der Waals surface area contributed by atoms with Crippen LogP contribution in [0.2, 0.25) is 5.02 Å². The van der Waals surface area contributed by atoms with Crippen LogP contribution in [0.3, 0.4) is 0 Å². The Kier molecular flexibility index (Phi) is 11.0. The molecule has 0 radical (unpaired) electrons. The molecule has 2 aromatic rings. The van der Waals surface area contributed by atoms with Crippen LogP contribution in [-0.2, 0) is 29.0 Å². The van der Waals surface area contributed by atoms with E-state index >= 15 is 0 Å². The summed E-state index contributed by atoms with van der Waals surface area (Å²) < 4.78 is 0. The van der Waals surface area contributed by atoms with Gasteiger partial charge >= 0.3 is 6.03 Å². The van der Waals surface area contributed by atoms with Gasteiger partial charge < -0.3 is 25.8 Å². The number of hydrogen-bond donors (Lipinski definition) is 3. The molecule has 43 heavy (non-hydrogen) atoms. The van der Waals surface area contributed by atoms with Crippen LogP contribution in [0.1, 0.15) is 75.0 Å². The Balaban J connectivity index is 1.29. The zero-order valence-corrected chi connectivity index (χ0v) is 26.1. The lowest BCUT2D eigenvalue weighted by Gasteiger charge is -2.38. The predicted molar refractivity (Wildman–Crippen MR) is 170 cm³/mol. The first kappa shape index (κ1) is 31.3. The number of amides is 4. The fourth-order valence-corrected chi connectivity index (χ4v) is 6.94. The van der Waals surface area contributed by atoms with Crippen LogP contribution in [0.25, 0.3) is 0 Å². The van der Waals surface area contributed by atoms with Crippen LogP contribution in [0.5, 0.6) is 0 Å². The molecule has 3 aliphatic rings. The van der Waals surface area contributed by atoms with E-state index in [4.69, 9.17) is 11.6 Å². The number of carbonyl (C=O) groups is 3. The lowest BCUT2D eigenvalue weighted by atomic mass is 9.93. The van der Waals surface area contributed by atoms with Gasteiger partial charge in [-0.2, -0.15) is 0 Å². The Hall–Kier alpha value is -3.10. The third-order valence-corrected chi connectivity index (χ3v) is 9.50. The molecule has 2 heterocycles. The molecule has 9 heteroatoms. The molecule has 2 fully saturated rings. The van der Waals surface area contributed by atoms with Crippen LogP contribution in [-0.4, -0.2) is 71.4 Å². The number of hydrogen-bond acceptors (Lipinski definition) is 4. The number of carbonyl (C=O) groups excluding carboxylic acids is 3. The number of fused-ring (bicyclic) bond motifs is 1. The summed E-state index contributed by atoms with van der Waals surface area (Å²) in [6.07, 6.45) is 9.18. The molecule has 2 aliphatic heterocycles. The average molecular weight is 608 g/mol. The predicted octanol–water partition coefficient (Wildman–Crippen LogP) is 4.83. The van der Waals surface area contributed by atoms with Gasteiger partial charge in [0.15, 0.2) is 0 Å². The van der Waals surface area contributed by atoms with Gasteiger partial charge in [-0.15, -0.1) is 0 Å². The molecular weight excluding hydrogens is 562 g/mol. The second kappa shape index (κ2) is 15.1. The molecule has 4 amide bonds. The summed E-state index contributed by atoms with van der Waals surface area (Å²) >= 11 is 6.13. The first-order valence-electron chi connectivity index (χ1n) is 16.1. The second-order valence-electron chi connectivity index (χ2n) is 12.3. The van der Waals surface area contributed by atoms with E-state index in [1.54, 1.807) is 0 Å². The fraction of sp³-hybridized carbons (Fsp3) is 0.559. The molecule has 2 aromatic carbocycles. The van der Waals surface area contributed by atoms with Crippen molar-refractivity contribution in [2.75, 3.05) is 19.6 Å². The molecule has 0 aromatic heterocycles. The Morgan fingerprint density at radius 2 is 1.74 bits per heavy atom. The summed E-state index contributed by atoms with van der Waals surface area (Å²) in [5, 5.41) is 10.2. The number of rotatable bonds is 10. The zero-order chi connectivity index (χ0) is 30.2. The van der Waals surface area contributed by atoms with Gasteiger partial charge in [0.05, 0.1) is 12.1 Å². The maximum absolute atomic E-state index is 14.1. The lowest BCUT2D eigenvalue weighted by Crippen LogP contribution is -2.56. The summed E-state index contributed by atoms with van der Waals surface area (Å²) in [7, 11) is 0. The van der Waals surface area contributed by atoms with Crippen molar-refractivity contribution in [3.8, 4) is 0 Å². The van der Waals surface area contributed by atoms with E-state index in [1.807, 2.05) is 41.3 Å². The van der Waals surface area contributed by atoms with Crippen molar-refractivity contribution < 1.29 is 14.4 Å². The normalized spacial score (nSPS) is 21.1. The molecule has 3 N–H and O–H groups in total. The van der Waals surface area contributed by atoms with E-state index in [0.717, 1.165) is 56.1 Å². The second-order valence-corrected chi connectivity index (χ2v) is 12.7. The lowest BCUT2D eigenvalue weighted by molar-refractivity contribution is -0.136. The monoisotopic (exact) mass is 607 g/mol. The fourth-order valence-electron chi connectivity index (χ4n) is 6.81. The van der Waals surface area contributed by atoms with Crippen LogP contribution in [0.4, 0.5) is 4.79 Å².